The minimum Gasteiger partial charge on any atom is -0.400 e. The van der Waals surface area contributed by atoms with E-state index >= 15 is 0 Å². The van der Waals surface area contributed by atoms with Crippen molar-refractivity contribution in [1.82, 2.24) is 4.98 Å². The van der Waals surface area contributed by atoms with Crippen LogP contribution in [0.25, 0.3) is 6.08 Å². The highest BCUT2D eigenvalue weighted by Gasteiger charge is 2.50. The highest BCUT2D eigenvalue weighted by molar-refractivity contribution is 6.52. The molecule has 0 N–H and O–H groups in total. The van der Waals surface area contributed by atoms with E-state index in [2.05, 4.69) is 4.98 Å². The average molecular weight is 290 g/mol. The quantitative estimate of drug-likeness (QED) is 0.486. The van der Waals surface area contributed by atoms with E-state index in [0.29, 0.717) is 11.3 Å². The molecule has 1 aliphatic heterocycles. The van der Waals surface area contributed by atoms with E-state index in [4.69, 9.17) is 9.31 Å². The molecule has 1 saturated heterocycles. The first kappa shape index (κ1) is 15.7. The standard InChI is InChI=1S/C14H19BN2O4/c1-10-11(16-9-7-12(10)17(18)19)6-8-15-20-13(2,3)14(4,5)21-15/h6-9H,1-5H3/b8-6+. The van der Waals surface area contributed by atoms with Crippen LogP contribution in [0.2, 0.25) is 0 Å². The number of rotatable bonds is 3. The summed E-state index contributed by atoms with van der Waals surface area (Å²) in [6.07, 6.45) is 3.12. The Balaban J connectivity index is 2.20. The molecular weight excluding hydrogens is 271 g/mol. The van der Waals surface area contributed by atoms with Crippen LogP contribution in [0.5, 0.6) is 0 Å². The van der Waals surface area contributed by atoms with Gasteiger partial charge in [0.1, 0.15) is 0 Å². The van der Waals surface area contributed by atoms with Crippen molar-refractivity contribution in [2.75, 3.05) is 0 Å². The topological polar surface area (TPSA) is 74.5 Å². The number of hydrogen-bond acceptors (Lipinski definition) is 5. The van der Waals surface area contributed by atoms with Crippen molar-refractivity contribution in [1.29, 1.82) is 0 Å². The third-order valence-electron chi connectivity index (χ3n) is 4.09. The van der Waals surface area contributed by atoms with Gasteiger partial charge in [0.05, 0.1) is 27.4 Å². The molecule has 21 heavy (non-hydrogen) atoms. The summed E-state index contributed by atoms with van der Waals surface area (Å²) in [6.45, 7) is 9.56. The molecule has 0 atom stereocenters. The van der Waals surface area contributed by atoms with E-state index in [1.165, 1.54) is 12.3 Å². The van der Waals surface area contributed by atoms with Crippen LogP contribution in [-0.2, 0) is 9.31 Å². The van der Waals surface area contributed by atoms with Gasteiger partial charge in [-0.05, 0) is 40.7 Å². The van der Waals surface area contributed by atoms with Gasteiger partial charge in [-0.25, -0.2) is 0 Å². The SMILES string of the molecule is Cc1c([N+](=O)[O-])ccnc1/C=C/B1OC(C)(C)C(C)(C)O1. The van der Waals surface area contributed by atoms with Gasteiger partial charge in [0.15, 0.2) is 0 Å². The summed E-state index contributed by atoms with van der Waals surface area (Å²) in [7, 11) is -0.490. The fraction of sp³-hybridized carbons (Fsp3) is 0.500. The first-order valence-corrected chi connectivity index (χ1v) is 6.78. The van der Waals surface area contributed by atoms with E-state index in [9.17, 15) is 10.1 Å². The summed E-state index contributed by atoms with van der Waals surface area (Å²) in [5.74, 6) is 1.73. The zero-order valence-corrected chi connectivity index (χ0v) is 12.9. The first-order chi connectivity index (χ1) is 9.64. The Kier molecular flexibility index (Phi) is 3.90. The second kappa shape index (κ2) is 5.24. The van der Waals surface area contributed by atoms with Gasteiger partial charge in [0.25, 0.3) is 5.69 Å². The molecule has 1 aromatic heterocycles. The Labute approximate surface area is 124 Å². The third kappa shape index (κ3) is 2.98. The summed E-state index contributed by atoms with van der Waals surface area (Å²) in [6, 6.07) is 1.39. The fourth-order valence-corrected chi connectivity index (χ4v) is 2.04. The monoisotopic (exact) mass is 290 g/mol. The maximum atomic E-state index is 10.9. The summed E-state index contributed by atoms with van der Waals surface area (Å²) >= 11 is 0. The zero-order valence-electron chi connectivity index (χ0n) is 12.9. The van der Waals surface area contributed by atoms with E-state index < -0.39 is 23.2 Å². The Morgan fingerprint density at radius 2 is 1.86 bits per heavy atom. The highest BCUT2D eigenvalue weighted by Crippen LogP contribution is 2.37. The Morgan fingerprint density at radius 1 is 1.29 bits per heavy atom. The molecule has 2 heterocycles. The predicted molar refractivity (Wildman–Crippen MR) is 80.7 cm³/mol. The molecule has 0 unspecified atom stereocenters. The maximum Gasteiger partial charge on any atom is 0.487 e. The van der Waals surface area contributed by atoms with Crippen molar-refractivity contribution in [3.63, 3.8) is 0 Å². The van der Waals surface area contributed by atoms with Crippen LogP contribution >= 0.6 is 0 Å². The minimum atomic E-state index is -0.490. The van der Waals surface area contributed by atoms with Crippen LogP contribution in [0.4, 0.5) is 5.69 Å². The molecule has 0 spiro atoms. The Morgan fingerprint density at radius 3 is 2.38 bits per heavy atom. The summed E-state index contributed by atoms with van der Waals surface area (Å²) in [4.78, 5) is 14.6. The second-order valence-corrected chi connectivity index (χ2v) is 6.08. The number of aromatic nitrogens is 1. The largest absolute Gasteiger partial charge is 0.487 e. The number of pyridine rings is 1. The van der Waals surface area contributed by atoms with Crippen molar-refractivity contribution in [2.45, 2.75) is 45.8 Å². The summed E-state index contributed by atoms with van der Waals surface area (Å²) < 4.78 is 11.7. The van der Waals surface area contributed by atoms with Gasteiger partial charge in [-0.2, -0.15) is 0 Å². The van der Waals surface area contributed by atoms with Crippen LogP contribution < -0.4 is 0 Å². The Hall–Kier alpha value is -1.73. The third-order valence-corrected chi connectivity index (χ3v) is 4.09. The molecule has 1 fully saturated rings. The lowest BCUT2D eigenvalue weighted by Crippen LogP contribution is -2.41. The molecule has 112 valence electrons. The molecule has 7 heteroatoms. The van der Waals surface area contributed by atoms with Crippen molar-refractivity contribution >= 4 is 18.9 Å². The first-order valence-electron chi connectivity index (χ1n) is 6.78. The fourth-order valence-electron chi connectivity index (χ4n) is 2.04. The molecule has 1 aromatic rings. The van der Waals surface area contributed by atoms with Crippen LogP contribution in [0.1, 0.15) is 39.0 Å². The second-order valence-electron chi connectivity index (χ2n) is 6.08. The van der Waals surface area contributed by atoms with Crippen molar-refractivity contribution in [2.24, 2.45) is 0 Å². The van der Waals surface area contributed by atoms with Crippen LogP contribution in [0.3, 0.4) is 0 Å². The molecule has 0 saturated carbocycles. The lowest BCUT2D eigenvalue weighted by molar-refractivity contribution is -0.385. The van der Waals surface area contributed by atoms with Crippen molar-refractivity contribution in [3.05, 3.63) is 39.6 Å². The van der Waals surface area contributed by atoms with Crippen molar-refractivity contribution < 1.29 is 14.2 Å². The maximum absolute atomic E-state index is 10.9. The van der Waals surface area contributed by atoms with Crippen LogP contribution in [-0.4, -0.2) is 28.2 Å². The van der Waals surface area contributed by atoms with E-state index in [-0.39, 0.29) is 5.69 Å². The van der Waals surface area contributed by atoms with Gasteiger partial charge in [-0.3, -0.25) is 15.1 Å². The minimum absolute atomic E-state index is 0.0542. The normalized spacial score (nSPS) is 20.1. The predicted octanol–water partition coefficient (Wildman–Crippen LogP) is 2.94. The van der Waals surface area contributed by atoms with Crippen LogP contribution in [0, 0.1) is 17.0 Å². The van der Waals surface area contributed by atoms with Gasteiger partial charge in [-0.1, -0.05) is 5.98 Å². The number of hydrogen-bond donors (Lipinski definition) is 0. The summed E-state index contributed by atoms with van der Waals surface area (Å²) in [5, 5.41) is 10.9. The van der Waals surface area contributed by atoms with Gasteiger partial charge >= 0.3 is 7.12 Å². The molecule has 0 radical (unpaired) electrons. The number of nitrogens with zero attached hydrogens (tertiary/aromatic N) is 2. The van der Waals surface area contributed by atoms with Gasteiger partial charge < -0.3 is 9.31 Å². The Bertz CT molecular complexity index is 583. The molecule has 0 amide bonds. The van der Waals surface area contributed by atoms with Gasteiger partial charge in [-0.15, -0.1) is 0 Å². The smallest absolute Gasteiger partial charge is 0.400 e. The summed E-state index contributed by atoms with van der Waals surface area (Å²) in [5.41, 5.74) is 0.299. The molecule has 0 aliphatic carbocycles. The van der Waals surface area contributed by atoms with Crippen molar-refractivity contribution in [3.8, 4) is 0 Å². The van der Waals surface area contributed by atoms with Gasteiger partial charge in [0.2, 0.25) is 0 Å². The van der Waals surface area contributed by atoms with Gasteiger partial charge in [0, 0.05) is 12.3 Å². The molecule has 1 aliphatic rings. The highest BCUT2D eigenvalue weighted by atomic mass is 16.7. The molecule has 2 rings (SSSR count). The van der Waals surface area contributed by atoms with E-state index in [1.54, 1.807) is 19.0 Å². The number of nitro groups is 1. The molecule has 0 bridgehead atoms. The molecule has 0 aromatic carbocycles. The average Bonchev–Trinajstić information content (AvgIpc) is 2.56. The van der Waals surface area contributed by atoms with E-state index in [1.807, 2.05) is 27.7 Å². The molecule has 6 nitrogen and oxygen atoms in total. The zero-order chi connectivity index (χ0) is 15.8. The van der Waals surface area contributed by atoms with E-state index in [0.717, 1.165) is 0 Å². The lowest BCUT2D eigenvalue weighted by Gasteiger charge is -2.32. The molecular formula is C14H19BN2O4. The lowest BCUT2D eigenvalue weighted by atomic mass is 9.89. The van der Waals surface area contributed by atoms with Crippen LogP contribution in [0.15, 0.2) is 18.2 Å².